The number of esters is 1. The predicted molar refractivity (Wildman–Crippen MR) is 79.5 cm³/mol. The lowest BCUT2D eigenvalue weighted by molar-refractivity contribution is 0.0462. The van der Waals surface area contributed by atoms with Crippen molar-refractivity contribution in [3.05, 3.63) is 66.1 Å². The Morgan fingerprint density at radius 1 is 1.14 bits per heavy atom. The number of fused-ring (bicyclic) bond motifs is 1. The van der Waals surface area contributed by atoms with Gasteiger partial charge < -0.3 is 10.5 Å². The quantitative estimate of drug-likeness (QED) is 0.745. The molecule has 104 valence electrons. The predicted octanol–water partition coefficient (Wildman–Crippen LogP) is 2.57. The van der Waals surface area contributed by atoms with Crippen LogP contribution in [-0.2, 0) is 11.3 Å². The summed E-state index contributed by atoms with van der Waals surface area (Å²) in [5.74, 6) is -0.552. The molecule has 3 rings (SSSR count). The van der Waals surface area contributed by atoms with E-state index in [2.05, 4.69) is 9.97 Å². The van der Waals surface area contributed by atoms with Gasteiger partial charge in [0.15, 0.2) is 5.69 Å². The summed E-state index contributed by atoms with van der Waals surface area (Å²) in [5.41, 5.74) is 7.69. The minimum atomic E-state index is -0.552. The number of hydrogen-bond donors (Lipinski definition) is 1. The fourth-order valence-corrected chi connectivity index (χ4v) is 1.99. The standard InChI is InChI=1S/C16H13N3O2/c17-13-9-11-5-1-2-7-14(11)19-15(13)16(20)21-10-12-6-3-4-8-18-12/h1-9H,10,17H2. The molecule has 5 nitrogen and oxygen atoms in total. The molecule has 0 spiro atoms. The summed E-state index contributed by atoms with van der Waals surface area (Å²) in [4.78, 5) is 20.4. The molecule has 0 radical (unpaired) electrons. The van der Waals surface area contributed by atoms with E-state index >= 15 is 0 Å². The van der Waals surface area contributed by atoms with E-state index in [0.717, 1.165) is 5.39 Å². The molecule has 3 aromatic rings. The van der Waals surface area contributed by atoms with Crippen LogP contribution < -0.4 is 5.73 Å². The maximum atomic E-state index is 12.1. The molecule has 2 heterocycles. The third-order valence-electron chi connectivity index (χ3n) is 3.02. The summed E-state index contributed by atoms with van der Waals surface area (Å²) < 4.78 is 5.20. The molecule has 0 saturated heterocycles. The van der Waals surface area contributed by atoms with E-state index in [0.29, 0.717) is 16.9 Å². The molecule has 0 saturated carbocycles. The zero-order valence-electron chi connectivity index (χ0n) is 11.2. The van der Waals surface area contributed by atoms with Gasteiger partial charge in [-0.3, -0.25) is 4.98 Å². The minimum absolute atomic E-state index is 0.0909. The fourth-order valence-electron chi connectivity index (χ4n) is 1.99. The highest BCUT2D eigenvalue weighted by molar-refractivity contribution is 5.97. The number of benzene rings is 1. The number of carbonyl (C=O) groups is 1. The number of rotatable bonds is 3. The molecule has 0 aliphatic rings. The average molecular weight is 279 g/mol. The van der Waals surface area contributed by atoms with Gasteiger partial charge >= 0.3 is 5.97 Å². The zero-order chi connectivity index (χ0) is 14.7. The number of hydrogen-bond acceptors (Lipinski definition) is 5. The summed E-state index contributed by atoms with van der Waals surface area (Å²) >= 11 is 0. The SMILES string of the molecule is Nc1cc2ccccc2nc1C(=O)OCc1ccccn1. The molecular formula is C16H13N3O2. The lowest BCUT2D eigenvalue weighted by atomic mass is 10.2. The maximum Gasteiger partial charge on any atom is 0.359 e. The number of pyridine rings is 2. The molecule has 0 bridgehead atoms. The first-order valence-corrected chi connectivity index (χ1v) is 6.46. The highest BCUT2D eigenvalue weighted by Gasteiger charge is 2.14. The van der Waals surface area contributed by atoms with E-state index in [1.54, 1.807) is 24.4 Å². The van der Waals surface area contributed by atoms with Gasteiger partial charge in [-0.1, -0.05) is 24.3 Å². The Labute approximate surface area is 121 Å². The van der Waals surface area contributed by atoms with Gasteiger partial charge in [-0.05, 0) is 24.3 Å². The first-order valence-electron chi connectivity index (χ1n) is 6.46. The highest BCUT2D eigenvalue weighted by atomic mass is 16.5. The van der Waals surface area contributed by atoms with E-state index in [1.165, 1.54) is 0 Å². The average Bonchev–Trinajstić information content (AvgIpc) is 2.53. The van der Waals surface area contributed by atoms with E-state index in [1.807, 2.05) is 30.3 Å². The second kappa shape index (κ2) is 5.58. The Morgan fingerprint density at radius 2 is 1.95 bits per heavy atom. The van der Waals surface area contributed by atoms with Crippen LogP contribution in [0.25, 0.3) is 10.9 Å². The molecule has 0 atom stereocenters. The molecule has 1 aromatic carbocycles. The molecule has 0 fully saturated rings. The fraction of sp³-hybridized carbons (Fsp3) is 0.0625. The zero-order valence-corrected chi connectivity index (χ0v) is 11.2. The summed E-state index contributed by atoms with van der Waals surface area (Å²) in [7, 11) is 0. The molecule has 0 amide bonds. The maximum absolute atomic E-state index is 12.1. The number of carbonyl (C=O) groups excluding carboxylic acids is 1. The van der Waals surface area contributed by atoms with Crippen molar-refractivity contribution in [2.45, 2.75) is 6.61 Å². The Hall–Kier alpha value is -2.95. The molecule has 0 unspecified atom stereocenters. The number of nitrogens with two attached hydrogens (primary N) is 1. The van der Waals surface area contributed by atoms with Crippen LogP contribution >= 0.6 is 0 Å². The van der Waals surface area contributed by atoms with Gasteiger partial charge in [0, 0.05) is 11.6 Å². The van der Waals surface area contributed by atoms with Crippen molar-refractivity contribution in [1.29, 1.82) is 0 Å². The smallest absolute Gasteiger partial charge is 0.359 e. The van der Waals surface area contributed by atoms with E-state index in [9.17, 15) is 4.79 Å². The van der Waals surface area contributed by atoms with E-state index in [-0.39, 0.29) is 12.3 Å². The van der Waals surface area contributed by atoms with Gasteiger partial charge in [0.25, 0.3) is 0 Å². The number of aromatic nitrogens is 2. The van der Waals surface area contributed by atoms with Gasteiger partial charge in [-0.2, -0.15) is 0 Å². The number of nitrogen functional groups attached to an aromatic ring is 1. The van der Waals surface area contributed by atoms with Crippen LogP contribution in [0.3, 0.4) is 0 Å². The monoisotopic (exact) mass is 279 g/mol. The molecule has 0 aliphatic carbocycles. The third kappa shape index (κ3) is 2.81. The van der Waals surface area contributed by atoms with Gasteiger partial charge in [0.1, 0.15) is 6.61 Å². The summed E-state index contributed by atoms with van der Waals surface area (Å²) in [6, 6.07) is 14.6. The third-order valence-corrected chi connectivity index (χ3v) is 3.02. The van der Waals surface area contributed by atoms with Crippen LogP contribution in [0.5, 0.6) is 0 Å². The van der Waals surface area contributed by atoms with Crippen molar-refractivity contribution in [3.63, 3.8) is 0 Å². The van der Waals surface area contributed by atoms with Gasteiger partial charge in [-0.15, -0.1) is 0 Å². The van der Waals surface area contributed by atoms with Crippen molar-refractivity contribution in [2.75, 3.05) is 5.73 Å². The number of nitrogens with zero attached hydrogens (tertiary/aromatic N) is 2. The molecular weight excluding hydrogens is 266 g/mol. The number of anilines is 1. The van der Waals surface area contributed by atoms with Crippen molar-refractivity contribution in [1.82, 2.24) is 9.97 Å². The van der Waals surface area contributed by atoms with Crippen LogP contribution in [-0.4, -0.2) is 15.9 Å². The Kier molecular flexibility index (Phi) is 3.47. The Balaban J connectivity index is 1.82. The van der Waals surface area contributed by atoms with E-state index in [4.69, 9.17) is 10.5 Å². The van der Waals surface area contributed by atoms with Crippen molar-refractivity contribution in [2.24, 2.45) is 0 Å². The molecule has 21 heavy (non-hydrogen) atoms. The largest absolute Gasteiger partial charge is 0.454 e. The van der Waals surface area contributed by atoms with Crippen molar-refractivity contribution >= 4 is 22.6 Å². The molecule has 0 aliphatic heterocycles. The van der Waals surface area contributed by atoms with Crippen LogP contribution in [0.15, 0.2) is 54.7 Å². The lowest BCUT2D eigenvalue weighted by Gasteiger charge is -2.07. The van der Waals surface area contributed by atoms with Gasteiger partial charge in [0.2, 0.25) is 0 Å². The second-order valence-electron chi connectivity index (χ2n) is 4.52. The highest BCUT2D eigenvalue weighted by Crippen LogP contribution is 2.19. The van der Waals surface area contributed by atoms with Crippen LogP contribution in [0.4, 0.5) is 5.69 Å². The summed E-state index contributed by atoms with van der Waals surface area (Å²) in [6.45, 7) is 0.0909. The summed E-state index contributed by atoms with van der Waals surface area (Å²) in [6.07, 6.45) is 1.64. The first kappa shape index (κ1) is 13.1. The molecule has 2 N–H and O–H groups in total. The van der Waals surface area contributed by atoms with Crippen LogP contribution in [0, 0.1) is 0 Å². The Bertz CT molecular complexity index is 788. The van der Waals surface area contributed by atoms with Crippen molar-refractivity contribution in [3.8, 4) is 0 Å². The summed E-state index contributed by atoms with van der Waals surface area (Å²) in [5, 5.41) is 0.885. The molecule has 5 heteroatoms. The van der Waals surface area contributed by atoms with E-state index < -0.39 is 5.97 Å². The lowest BCUT2D eigenvalue weighted by Crippen LogP contribution is -2.11. The Morgan fingerprint density at radius 3 is 2.76 bits per heavy atom. The number of para-hydroxylation sites is 1. The van der Waals surface area contributed by atoms with Gasteiger partial charge in [-0.25, -0.2) is 9.78 Å². The van der Waals surface area contributed by atoms with Crippen molar-refractivity contribution < 1.29 is 9.53 Å². The first-order chi connectivity index (χ1) is 10.2. The second-order valence-corrected chi connectivity index (χ2v) is 4.52. The minimum Gasteiger partial charge on any atom is -0.454 e. The van der Waals surface area contributed by atoms with Crippen LogP contribution in [0.1, 0.15) is 16.2 Å². The van der Waals surface area contributed by atoms with Gasteiger partial charge in [0.05, 0.1) is 16.9 Å². The normalized spacial score (nSPS) is 10.5. The number of ether oxygens (including phenoxy) is 1. The van der Waals surface area contributed by atoms with Crippen LogP contribution in [0.2, 0.25) is 0 Å². The topological polar surface area (TPSA) is 78.1 Å². The molecule has 2 aromatic heterocycles.